The number of benzene rings is 2. The van der Waals surface area contributed by atoms with Gasteiger partial charge >= 0.3 is 0 Å². The van der Waals surface area contributed by atoms with Crippen molar-refractivity contribution in [1.82, 2.24) is 9.88 Å². The highest BCUT2D eigenvalue weighted by atomic mass is 32.2. The van der Waals surface area contributed by atoms with Crippen molar-refractivity contribution in [3.8, 4) is 0 Å². The molecule has 0 radical (unpaired) electrons. The van der Waals surface area contributed by atoms with Gasteiger partial charge in [-0.25, -0.2) is 0 Å². The van der Waals surface area contributed by atoms with E-state index >= 15 is 0 Å². The Balaban J connectivity index is 1.58. The van der Waals surface area contributed by atoms with E-state index in [1.807, 2.05) is 79.4 Å². The zero-order valence-electron chi connectivity index (χ0n) is 17.9. The van der Waals surface area contributed by atoms with Crippen LogP contribution in [0.1, 0.15) is 22.3 Å². The Hall–Kier alpha value is -3.12. The molecule has 6 heteroatoms. The van der Waals surface area contributed by atoms with Crippen molar-refractivity contribution >= 4 is 29.3 Å². The molecule has 0 fully saturated rings. The van der Waals surface area contributed by atoms with Crippen LogP contribution in [-0.4, -0.2) is 33.2 Å². The van der Waals surface area contributed by atoms with E-state index in [-0.39, 0.29) is 23.3 Å². The van der Waals surface area contributed by atoms with Gasteiger partial charge in [-0.2, -0.15) is 0 Å². The molecule has 0 bridgehead atoms. The van der Waals surface area contributed by atoms with Gasteiger partial charge in [-0.05, 0) is 54.3 Å². The first-order chi connectivity index (χ1) is 15.0. The van der Waals surface area contributed by atoms with Gasteiger partial charge in [0.15, 0.2) is 0 Å². The minimum atomic E-state index is -0.110. The Labute approximate surface area is 187 Å². The Bertz CT molecular complexity index is 1020. The lowest BCUT2D eigenvalue weighted by atomic mass is 10.1. The molecule has 0 saturated carbocycles. The Morgan fingerprint density at radius 2 is 1.81 bits per heavy atom. The van der Waals surface area contributed by atoms with E-state index in [2.05, 4.69) is 10.3 Å². The van der Waals surface area contributed by atoms with Crippen LogP contribution in [0.3, 0.4) is 0 Å². The highest BCUT2D eigenvalue weighted by molar-refractivity contribution is 8.00. The number of aromatic nitrogens is 1. The lowest BCUT2D eigenvalue weighted by Gasteiger charge is -2.23. The van der Waals surface area contributed by atoms with E-state index in [0.717, 1.165) is 27.9 Å². The molecule has 160 valence electrons. The molecule has 3 aromatic rings. The van der Waals surface area contributed by atoms with Crippen LogP contribution >= 0.6 is 11.8 Å². The van der Waals surface area contributed by atoms with Crippen LogP contribution < -0.4 is 5.32 Å². The van der Waals surface area contributed by atoms with Gasteiger partial charge in [-0.15, -0.1) is 11.8 Å². The molecule has 2 amide bonds. The van der Waals surface area contributed by atoms with Crippen LogP contribution in [-0.2, 0) is 22.7 Å². The smallest absolute Gasteiger partial charge is 0.234 e. The summed E-state index contributed by atoms with van der Waals surface area (Å²) in [5.41, 5.74) is 5.10. The lowest BCUT2D eigenvalue weighted by molar-refractivity contribution is -0.129. The standard InChI is InChI=1S/C25H27N3O2S/c1-19-7-5-11-23(13-19)27-24(29)17-31-18-25(30)28(15-21-9-6-12-26-14-21)16-22-10-4-3-8-20(22)2/h3-14H,15-18H2,1-2H3,(H,27,29). The zero-order valence-corrected chi connectivity index (χ0v) is 18.7. The first-order valence-electron chi connectivity index (χ1n) is 10.2. The number of aryl methyl sites for hydroxylation is 2. The first-order valence-corrected chi connectivity index (χ1v) is 11.3. The molecule has 5 nitrogen and oxygen atoms in total. The fourth-order valence-electron chi connectivity index (χ4n) is 3.18. The molecule has 0 spiro atoms. The largest absolute Gasteiger partial charge is 0.333 e. The van der Waals surface area contributed by atoms with Gasteiger partial charge in [0, 0.05) is 31.2 Å². The number of nitrogens with one attached hydrogen (secondary N) is 1. The van der Waals surface area contributed by atoms with Crippen molar-refractivity contribution < 1.29 is 9.59 Å². The quantitative estimate of drug-likeness (QED) is 0.536. The summed E-state index contributed by atoms with van der Waals surface area (Å²) in [6, 6.07) is 19.6. The number of hydrogen-bond donors (Lipinski definition) is 1. The van der Waals surface area contributed by atoms with E-state index in [1.165, 1.54) is 11.8 Å². The number of carbonyl (C=O) groups is 2. The molecule has 2 aromatic carbocycles. The van der Waals surface area contributed by atoms with Crippen LogP contribution in [0.15, 0.2) is 73.1 Å². The molecule has 0 aliphatic rings. The zero-order chi connectivity index (χ0) is 22.1. The predicted octanol–water partition coefficient (Wildman–Crippen LogP) is 4.60. The minimum Gasteiger partial charge on any atom is -0.333 e. The van der Waals surface area contributed by atoms with E-state index in [9.17, 15) is 9.59 Å². The molecule has 31 heavy (non-hydrogen) atoms. The molecule has 0 saturated heterocycles. The Morgan fingerprint density at radius 3 is 2.55 bits per heavy atom. The fraction of sp³-hybridized carbons (Fsp3) is 0.240. The predicted molar refractivity (Wildman–Crippen MR) is 127 cm³/mol. The second-order valence-electron chi connectivity index (χ2n) is 7.45. The topological polar surface area (TPSA) is 62.3 Å². The van der Waals surface area contributed by atoms with Crippen molar-refractivity contribution in [2.75, 3.05) is 16.8 Å². The van der Waals surface area contributed by atoms with Gasteiger partial charge in [0.2, 0.25) is 11.8 Å². The summed E-state index contributed by atoms with van der Waals surface area (Å²) in [5, 5.41) is 2.88. The summed E-state index contributed by atoms with van der Waals surface area (Å²) in [6.07, 6.45) is 3.50. The summed E-state index contributed by atoms with van der Waals surface area (Å²) in [6.45, 7) is 5.04. The Morgan fingerprint density at radius 1 is 0.968 bits per heavy atom. The summed E-state index contributed by atoms with van der Waals surface area (Å²) < 4.78 is 0. The number of anilines is 1. The van der Waals surface area contributed by atoms with Crippen LogP contribution in [0.4, 0.5) is 5.69 Å². The maximum atomic E-state index is 13.0. The molecule has 0 unspecified atom stereocenters. The van der Waals surface area contributed by atoms with Gasteiger partial charge in [-0.3, -0.25) is 14.6 Å². The number of hydrogen-bond acceptors (Lipinski definition) is 4. The van der Waals surface area contributed by atoms with Crippen LogP contribution in [0.25, 0.3) is 0 Å². The number of amides is 2. The van der Waals surface area contributed by atoms with Crippen molar-refractivity contribution in [1.29, 1.82) is 0 Å². The minimum absolute atomic E-state index is 0.000427. The molecular weight excluding hydrogens is 406 g/mol. The highest BCUT2D eigenvalue weighted by Crippen LogP contribution is 2.16. The summed E-state index contributed by atoms with van der Waals surface area (Å²) in [7, 11) is 0. The number of carbonyl (C=O) groups excluding carboxylic acids is 2. The van der Waals surface area contributed by atoms with Crippen LogP contribution in [0.5, 0.6) is 0 Å². The van der Waals surface area contributed by atoms with Crippen molar-refractivity contribution in [2.45, 2.75) is 26.9 Å². The number of rotatable bonds is 9. The Kier molecular flexibility index (Phi) is 8.24. The molecule has 0 aliphatic carbocycles. The van der Waals surface area contributed by atoms with E-state index in [4.69, 9.17) is 0 Å². The third kappa shape index (κ3) is 7.26. The highest BCUT2D eigenvalue weighted by Gasteiger charge is 2.16. The number of nitrogens with zero attached hydrogens (tertiary/aromatic N) is 2. The average molecular weight is 434 g/mol. The van der Waals surface area contributed by atoms with Gasteiger partial charge in [0.25, 0.3) is 0 Å². The normalized spacial score (nSPS) is 10.5. The molecule has 1 N–H and O–H groups in total. The van der Waals surface area contributed by atoms with Gasteiger partial charge in [0.05, 0.1) is 11.5 Å². The number of pyridine rings is 1. The van der Waals surface area contributed by atoms with Gasteiger partial charge in [-0.1, -0.05) is 42.5 Å². The summed E-state index contributed by atoms with van der Waals surface area (Å²) in [4.78, 5) is 31.2. The van der Waals surface area contributed by atoms with Crippen LogP contribution in [0.2, 0.25) is 0 Å². The fourth-order valence-corrected chi connectivity index (χ4v) is 3.90. The second kappa shape index (κ2) is 11.3. The van der Waals surface area contributed by atoms with E-state index < -0.39 is 0 Å². The van der Waals surface area contributed by atoms with E-state index in [1.54, 1.807) is 12.4 Å². The van der Waals surface area contributed by atoms with Crippen molar-refractivity contribution in [2.24, 2.45) is 0 Å². The SMILES string of the molecule is Cc1cccc(NC(=O)CSCC(=O)N(Cc2cccnc2)Cc2ccccc2C)c1. The van der Waals surface area contributed by atoms with Crippen molar-refractivity contribution in [3.63, 3.8) is 0 Å². The molecule has 1 aromatic heterocycles. The van der Waals surface area contributed by atoms with Gasteiger partial charge < -0.3 is 10.2 Å². The molecular formula is C25H27N3O2S. The number of thioether (sulfide) groups is 1. The third-order valence-corrected chi connectivity index (χ3v) is 5.75. The molecule has 3 rings (SSSR count). The van der Waals surface area contributed by atoms with Crippen LogP contribution in [0, 0.1) is 13.8 Å². The molecule has 1 heterocycles. The molecule has 0 aliphatic heterocycles. The van der Waals surface area contributed by atoms with Crippen molar-refractivity contribution in [3.05, 3.63) is 95.3 Å². The van der Waals surface area contributed by atoms with E-state index in [0.29, 0.717) is 13.1 Å². The third-order valence-electron chi connectivity index (χ3n) is 4.83. The lowest BCUT2D eigenvalue weighted by Crippen LogP contribution is -2.32. The second-order valence-corrected chi connectivity index (χ2v) is 8.43. The average Bonchev–Trinajstić information content (AvgIpc) is 2.75. The molecule has 0 atom stereocenters. The van der Waals surface area contributed by atoms with Gasteiger partial charge in [0.1, 0.15) is 0 Å². The maximum absolute atomic E-state index is 13.0. The first kappa shape index (κ1) is 22.6. The summed E-state index contributed by atoms with van der Waals surface area (Å²) >= 11 is 1.33. The maximum Gasteiger partial charge on any atom is 0.234 e. The summed E-state index contributed by atoms with van der Waals surface area (Å²) in [5.74, 6) is 0.361. The monoisotopic (exact) mass is 433 g/mol.